The van der Waals surface area contributed by atoms with E-state index in [1.807, 2.05) is 54.6 Å². The van der Waals surface area contributed by atoms with E-state index in [1.165, 1.54) is 0 Å². The van der Waals surface area contributed by atoms with Crippen molar-refractivity contribution in [3.63, 3.8) is 0 Å². The van der Waals surface area contributed by atoms with Crippen molar-refractivity contribution in [2.45, 2.75) is 0 Å². The van der Waals surface area contributed by atoms with E-state index in [1.54, 1.807) is 19.6 Å². The summed E-state index contributed by atoms with van der Waals surface area (Å²) in [6.45, 7) is 0. The molecule has 5 heteroatoms. The van der Waals surface area contributed by atoms with Gasteiger partial charge in [-0.1, -0.05) is 24.3 Å². The molecule has 2 aromatic carbocycles. The Kier molecular flexibility index (Phi) is 3.74. The van der Waals surface area contributed by atoms with Gasteiger partial charge in [0.1, 0.15) is 17.2 Å². The molecule has 5 nitrogen and oxygen atoms in total. The molecule has 0 unspecified atom stereocenters. The number of para-hydroxylation sites is 2. The Balaban J connectivity index is 1.75. The lowest BCUT2D eigenvalue weighted by Gasteiger charge is -2.02. The maximum absolute atomic E-state index is 10.3. The summed E-state index contributed by atoms with van der Waals surface area (Å²) >= 11 is 0. The number of fused-ring (bicyclic) bond motifs is 1. The molecule has 0 saturated carbocycles. The number of nitrogens with zero attached hydrogens (tertiary/aromatic N) is 1. The lowest BCUT2D eigenvalue weighted by atomic mass is 10.1. The molecule has 2 heterocycles. The van der Waals surface area contributed by atoms with Gasteiger partial charge in [-0.15, -0.1) is 0 Å². The van der Waals surface area contributed by atoms with E-state index in [0.29, 0.717) is 17.0 Å². The quantitative estimate of drug-likeness (QED) is 0.523. The van der Waals surface area contributed by atoms with Gasteiger partial charge >= 0.3 is 0 Å². The Bertz CT molecular complexity index is 1050. The summed E-state index contributed by atoms with van der Waals surface area (Å²) in [5.41, 5.74) is 3.08. The van der Waals surface area contributed by atoms with Crippen LogP contribution in [-0.2, 0) is 0 Å². The molecule has 0 aliphatic carbocycles. The molecule has 0 fully saturated rings. The van der Waals surface area contributed by atoms with Gasteiger partial charge in [-0.05, 0) is 30.3 Å². The highest BCUT2D eigenvalue weighted by atomic mass is 16.5. The standard InChI is InChI=1S/C20H16N2O3/c1-24-19-6-3-2-5-16(19)21-12-15-14-9-8-13(18-7-4-10-25-18)11-17(14)22-20(15)23/h2-12,22-23H,1H3. The summed E-state index contributed by atoms with van der Waals surface area (Å²) in [7, 11) is 1.60. The Morgan fingerprint density at radius 3 is 2.80 bits per heavy atom. The molecule has 2 aromatic heterocycles. The maximum Gasteiger partial charge on any atom is 0.198 e. The number of aliphatic imine (C=N–C) groups is 1. The van der Waals surface area contributed by atoms with Crippen molar-refractivity contribution in [3.05, 3.63) is 66.4 Å². The number of hydrogen-bond donors (Lipinski definition) is 2. The van der Waals surface area contributed by atoms with Crippen LogP contribution in [0.1, 0.15) is 5.56 Å². The fourth-order valence-corrected chi connectivity index (χ4v) is 2.80. The van der Waals surface area contributed by atoms with Crippen LogP contribution in [0.25, 0.3) is 22.2 Å². The second-order valence-corrected chi connectivity index (χ2v) is 5.55. The van der Waals surface area contributed by atoms with Gasteiger partial charge in [-0.3, -0.25) is 4.99 Å². The highest BCUT2D eigenvalue weighted by Gasteiger charge is 2.11. The molecule has 0 amide bonds. The van der Waals surface area contributed by atoms with Crippen molar-refractivity contribution < 1.29 is 14.3 Å². The van der Waals surface area contributed by atoms with E-state index >= 15 is 0 Å². The Hall–Kier alpha value is -3.47. The van der Waals surface area contributed by atoms with Gasteiger partial charge in [0.05, 0.1) is 18.9 Å². The molecule has 124 valence electrons. The van der Waals surface area contributed by atoms with E-state index < -0.39 is 0 Å². The SMILES string of the molecule is COc1ccccc1N=Cc1c(O)[nH]c2cc(-c3ccco3)ccc12. The van der Waals surface area contributed by atoms with Crippen LogP contribution >= 0.6 is 0 Å². The first kappa shape index (κ1) is 15.1. The molecule has 2 N–H and O–H groups in total. The maximum atomic E-state index is 10.3. The predicted molar refractivity (Wildman–Crippen MR) is 97.9 cm³/mol. The topological polar surface area (TPSA) is 70.8 Å². The number of methoxy groups -OCH3 is 1. The first-order valence-corrected chi connectivity index (χ1v) is 7.82. The smallest absolute Gasteiger partial charge is 0.198 e. The molecular weight excluding hydrogens is 316 g/mol. The highest BCUT2D eigenvalue weighted by Crippen LogP contribution is 2.31. The zero-order valence-corrected chi connectivity index (χ0v) is 13.6. The molecule has 0 radical (unpaired) electrons. The molecule has 0 aliphatic rings. The summed E-state index contributed by atoms with van der Waals surface area (Å²) in [6, 6.07) is 17.0. The van der Waals surface area contributed by atoms with Crippen LogP contribution in [0, 0.1) is 0 Å². The molecule has 4 aromatic rings. The molecule has 4 rings (SSSR count). The summed E-state index contributed by atoms with van der Waals surface area (Å²) in [5.74, 6) is 1.53. The summed E-state index contributed by atoms with van der Waals surface area (Å²) in [5, 5.41) is 11.1. The normalized spacial score (nSPS) is 11.4. The largest absolute Gasteiger partial charge is 0.494 e. The van der Waals surface area contributed by atoms with Crippen molar-refractivity contribution in [2.24, 2.45) is 4.99 Å². The molecule has 0 atom stereocenters. The van der Waals surface area contributed by atoms with E-state index in [2.05, 4.69) is 9.98 Å². The number of benzene rings is 2. The third kappa shape index (κ3) is 2.76. The Labute approximate surface area is 144 Å². The lowest BCUT2D eigenvalue weighted by Crippen LogP contribution is -1.84. The molecule has 0 bridgehead atoms. The first-order valence-electron chi connectivity index (χ1n) is 7.82. The van der Waals surface area contributed by atoms with Crippen molar-refractivity contribution in [1.29, 1.82) is 0 Å². The summed E-state index contributed by atoms with van der Waals surface area (Å²) < 4.78 is 10.7. The number of ether oxygens (including phenoxy) is 1. The van der Waals surface area contributed by atoms with Crippen molar-refractivity contribution in [1.82, 2.24) is 4.98 Å². The molecule has 0 saturated heterocycles. The zero-order valence-electron chi connectivity index (χ0n) is 13.6. The minimum absolute atomic E-state index is 0.0743. The van der Waals surface area contributed by atoms with Crippen molar-refractivity contribution in [3.8, 4) is 23.0 Å². The van der Waals surface area contributed by atoms with Gasteiger partial charge in [-0.25, -0.2) is 0 Å². The number of rotatable bonds is 4. The molecule has 0 spiro atoms. The van der Waals surface area contributed by atoms with E-state index in [0.717, 1.165) is 22.2 Å². The van der Waals surface area contributed by atoms with E-state index in [-0.39, 0.29) is 5.88 Å². The summed E-state index contributed by atoms with van der Waals surface area (Å²) in [4.78, 5) is 7.44. The zero-order chi connectivity index (χ0) is 17.2. The second kappa shape index (κ2) is 6.20. The third-order valence-electron chi connectivity index (χ3n) is 4.04. The van der Waals surface area contributed by atoms with Crippen LogP contribution in [-0.4, -0.2) is 23.4 Å². The van der Waals surface area contributed by atoms with Crippen LogP contribution in [0.15, 0.2) is 70.3 Å². The van der Waals surface area contributed by atoms with Crippen LogP contribution in [0.5, 0.6) is 11.6 Å². The minimum Gasteiger partial charge on any atom is -0.494 e. The van der Waals surface area contributed by atoms with Gasteiger partial charge < -0.3 is 19.2 Å². The number of H-pyrrole nitrogens is 1. The van der Waals surface area contributed by atoms with Gasteiger partial charge in [0.2, 0.25) is 0 Å². The van der Waals surface area contributed by atoms with Gasteiger partial charge in [0.15, 0.2) is 5.88 Å². The monoisotopic (exact) mass is 332 g/mol. The number of aromatic nitrogens is 1. The van der Waals surface area contributed by atoms with E-state index in [9.17, 15) is 5.11 Å². The minimum atomic E-state index is 0.0743. The van der Waals surface area contributed by atoms with Crippen LogP contribution in [0.4, 0.5) is 5.69 Å². The Morgan fingerprint density at radius 1 is 1.12 bits per heavy atom. The average Bonchev–Trinajstić information content (AvgIpc) is 3.27. The van der Waals surface area contributed by atoms with Crippen LogP contribution in [0.2, 0.25) is 0 Å². The fourth-order valence-electron chi connectivity index (χ4n) is 2.80. The molecular formula is C20H16N2O3. The van der Waals surface area contributed by atoms with Crippen molar-refractivity contribution in [2.75, 3.05) is 7.11 Å². The first-order chi connectivity index (χ1) is 12.3. The number of nitrogens with one attached hydrogen (secondary N) is 1. The Morgan fingerprint density at radius 2 is 2.00 bits per heavy atom. The number of aromatic hydroxyl groups is 1. The summed E-state index contributed by atoms with van der Waals surface area (Å²) in [6.07, 6.45) is 3.27. The molecule has 25 heavy (non-hydrogen) atoms. The van der Waals surface area contributed by atoms with Crippen LogP contribution < -0.4 is 4.74 Å². The van der Waals surface area contributed by atoms with Crippen LogP contribution in [0.3, 0.4) is 0 Å². The third-order valence-corrected chi connectivity index (χ3v) is 4.04. The number of aromatic amines is 1. The second-order valence-electron chi connectivity index (χ2n) is 5.55. The number of hydrogen-bond acceptors (Lipinski definition) is 4. The van der Waals surface area contributed by atoms with Crippen molar-refractivity contribution >= 4 is 22.8 Å². The fraction of sp³-hybridized carbons (Fsp3) is 0.0500. The number of furan rings is 1. The average molecular weight is 332 g/mol. The van der Waals surface area contributed by atoms with Gasteiger partial charge in [0.25, 0.3) is 0 Å². The predicted octanol–water partition coefficient (Wildman–Crippen LogP) is 4.89. The van der Waals surface area contributed by atoms with Gasteiger partial charge in [0, 0.05) is 22.7 Å². The highest BCUT2D eigenvalue weighted by molar-refractivity contribution is 6.03. The molecule has 0 aliphatic heterocycles. The lowest BCUT2D eigenvalue weighted by molar-refractivity contribution is 0.416. The van der Waals surface area contributed by atoms with Gasteiger partial charge in [-0.2, -0.15) is 0 Å². The van der Waals surface area contributed by atoms with E-state index in [4.69, 9.17) is 9.15 Å².